The Labute approximate surface area is 127 Å². The number of thiazole rings is 1. The number of halogens is 3. The second-order valence-electron chi connectivity index (χ2n) is 4.56. The smallest absolute Gasteiger partial charge is 0.346 e. The highest BCUT2D eigenvalue weighted by molar-refractivity contribution is 7.15. The number of hydrogen-bond acceptors (Lipinski definition) is 3. The van der Waals surface area contributed by atoms with Gasteiger partial charge in [0.2, 0.25) is 0 Å². The first-order valence-corrected chi connectivity index (χ1v) is 7.18. The maximum atomic E-state index is 12.5. The van der Waals surface area contributed by atoms with Crippen LogP contribution >= 0.6 is 11.3 Å². The van der Waals surface area contributed by atoms with E-state index in [1.165, 1.54) is 23.5 Å². The molecule has 22 heavy (non-hydrogen) atoms. The van der Waals surface area contributed by atoms with Crippen molar-refractivity contribution in [3.05, 3.63) is 58.9 Å². The Morgan fingerprint density at radius 1 is 1.27 bits per heavy atom. The molecule has 0 unspecified atom stereocenters. The van der Waals surface area contributed by atoms with Crippen molar-refractivity contribution in [3.8, 4) is 0 Å². The Bertz CT molecular complexity index is 805. The number of imidazole rings is 1. The monoisotopic (exact) mass is 325 g/mol. The third kappa shape index (κ3) is 2.82. The van der Waals surface area contributed by atoms with E-state index < -0.39 is 17.6 Å². The summed E-state index contributed by atoms with van der Waals surface area (Å²) in [6.07, 6.45) is -0.961. The number of carbonyl (C=O) groups is 1. The normalized spacial score (nSPS) is 11.8. The molecule has 0 fully saturated rings. The summed E-state index contributed by atoms with van der Waals surface area (Å²) in [6, 6.07) is 4.12. The first-order chi connectivity index (χ1) is 10.4. The first kappa shape index (κ1) is 14.6. The summed E-state index contributed by atoms with van der Waals surface area (Å²) >= 11 is 1.45. The molecule has 0 spiro atoms. The van der Waals surface area contributed by atoms with Gasteiger partial charge in [-0.1, -0.05) is 0 Å². The summed E-state index contributed by atoms with van der Waals surface area (Å²) in [5.74, 6) is -0.423. The van der Waals surface area contributed by atoms with Gasteiger partial charge in [0.25, 0.3) is 5.91 Å². The number of nitrogens with one attached hydrogen (secondary N) is 1. The molecular weight excluding hydrogens is 315 g/mol. The number of rotatable bonds is 3. The summed E-state index contributed by atoms with van der Waals surface area (Å²) in [5, 5.41) is 4.55. The number of hydrogen-bond donors (Lipinski definition) is 1. The number of fused-ring (bicyclic) bond motifs is 1. The summed E-state index contributed by atoms with van der Waals surface area (Å²) < 4.78 is 39.2. The van der Waals surface area contributed by atoms with Gasteiger partial charge in [-0.15, -0.1) is 11.3 Å². The van der Waals surface area contributed by atoms with Crippen LogP contribution in [0.3, 0.4) is 0 Å². The third-order valence-corrected chi connectivity index (χ3v) is 4.02. The van der Waals surface area contributed by atoms with Crippen molar-refractivity contribution in [2.75, 3.05) is 0 Å². The molecule has 1 N–H and O–H groups in total. The van der Waals surface area contributed by atoms with Crippen molar-refractivity contribution in [1.82, 2.24) is 14.7 Å². The van der Waals surface area contributed by atoms with Gasteiger partial charge in [-0.25, -0.2) is 4.98 Å². The van der Waals surface area contributed by atoms with Crippen LogP contribution < -0.4 is 5.32 Å². The van der Waals surface area contributed by atoms with Crippen LogP contribution in [0.5, 0.6) is 0 Å². The van der Waals surface area contributed by atoms with E-state index in [1.54, 1.807) is 12.4 Å². The van der Waals surface area contributed by atoms with Crippen LogP contribution in [0, 0.1) is 0 Å². The van der Waals surface area contributed by atoms with E-state index in [0.717, 1.165) is 22.8 Å². The van der Waals surface area contributed by atoms with Gasteiger partial charge >= 0.3 is 6.18 Å². The van der Waals surface area contributed by atoms with Crippen molar-refractivity contribution < 1.29 is 18.0 Å². The lowest BCUT2D eigenvalue weighted by atomic mass is 10.1. The highest BCUT2D eigenvalue weighted by Gasteiger charge is 2.30. The lowest BCUT2D eigenvalue weighted by Crippen LogP contribution is -2.23. The number of nitrogens with zero attached hydrogens (tertiary/aromatic N) is 2. The van der Waals surface area contributed by atoms with Crippen molar-refractivity contribution in [2.45, 2.75) is 12.7 Å². The zero-order chi connectivity index (χ0) is 15.7. The summed E-state index contributed by atoms with van der Waals surface area (Å²) in [7, 11) is 0. The van der Waals surface area contributed by atoms with Gasteiger partial charge in [0, 0.05) is 23.3 Å². The summed E-state index contributed by atoms with van der Waals surface area (Å²) in [6.45, 7) is 0.274. The molecule has 2 heterocycles. The van der Waals surface area contributed by atoms with Gasteiger partial charge in [0.1, 0.15) is 0 Å². The molecule has 0 saturated heterocycles. The highest BCUT2D eigenvalue weighted by atomic mass is 32.1. The molecule has 0 aliphatic heterocycles. The number of benzene rings is 1. The minimum atomic E-state index is -4.40. The minimum absolute atomic E-state index is 0.185. The number of carbonyl (C=O) groups excluding carboxylic acids is 1. The Kier molecular flexibility index (Phi) is 3.61. The fourth-order valence-corrected chi connectivity index (χ4v) is 2.84. The highest BCUT2D eigenvalue weighted by Crippen LogP contribution is 2.29. The quantitative estimate of drug-likeness (QED) is 0.803. The molecule has 1 aromatic carbocycles. The molecule has 0 bridgehead atoms. The number of aromatic nitrogens is 2. The van der Waals surface area contributed by atoms with E-state index in [2.05, 4.69) is 10.3 Å². The molecule has 3 rings (SSSR count). The van der Waals surface area contributed by atoms with Gasteiger partial charge in [-0.05, 0) is 24.3 Å². The molecule has 8 heteroatoms. The lowest BCUT2D eigenvalue weighted by Gasteiger charge is -2.08. The molecule has 114 valence electrons. The van der Waals surface area contributed by atoms with Crippen LogP contribution in [0.25, 0.3) is 4.96 Å². The predicted octanol–water partition coefficient (Wildman–Crippen LogP) is 3.34. The van der Waals surface area contributed by atoms with Crippen LogP contribution in [0.2, 0.25) is 0 Å². The molecular formula is C14H10F3N3OS. The molecule has 0 atom stereocenters. The van der Waals surface area contributed by atoms with E-state index in [9.17, 15) is 18.0 Å². The van der Waals surface area contributed by atoms with Crippen LogP contribution in [0.15, 0.2) is 42.0 Å². The van der Waals surface area contributed by atoms with E-state index in [-0.39, 0.29) is 12.1 Å². The molecule has 0 aliphatic carbocycles. The average Bonchev–Trinajstić information content (AvgIpc) is 3.07. The van der Waals surface area contributed by atoms with Crippen LogP contribution in [-0.4, -0.2) is 15.3 Å². The topological polar surface area (TPSA) is 46.4 Å². The van der Waals surface area contributed by atoms with Gasteiger partial charge in [0.05, 0.1) is 17.8 Å². The standard InChI is InChI=1S/C14H10F3N3OS/c15-14(16,17)10-3-1-9(2-4-10)12(21)19-7-11-8-22-13-18-5-6-20(11)13/h1-6,8H,7H2,(H,19,21). The second kappa shape index (κ2) is 5.45. The lowest BCUT2D eigenvalue weighted by molar-refractivity contribution is -0.137. The van der Waals surface area contributed by atoms with E-state index >= 15 is 0 Å². The van der Waals surface area contributed by atoms with Crippen LogP contribution in [0.4, 0.5) is 13.2 Å². The molecule has 2 aromatic heterocycles. The Balaban J connectivity index is 1.68. The maximum Gasteiger partial charge on any atom is 0.416 e. The number of alkyl halides is 3. The minimum Gasteiger partial charge on any atom is -0.346 e. The van der Waals surface area contributed by atoms with Crippen molar-refractivity contribution >= 4 is 22.2 Å². The Morgan fingerprint density at radius 2 is 2.00 bits per heavy atom. The van der Waals surface area contributed by atoms with E-state index in [1.807, 2.05) is 9.78 Å². The SMILES string of the molecule is O=C(NCc1csc2nccn12)c1ccc(C(F)(F)F)cc1. The fourth-order valence-electron chi connectivity index (χ4n) is 1.98. The van der Waals surface area contributed by atoms with E-state index in [4.69, 9.17) is 0 Å². The zero-order valence-corrected chi connectivity index (χ0v) is 11.9. The van der Waals surface area contributed by atoms with Gasteiger partial charge < -0.3 is 5.32 Å². The predicted molar refractivity (Wildman–Crippen MR) is 75.7 cm³/mol. The van der Waals surface area contributed by atoms with Crippen LogP contribution in [-0.2, 0) is 12.7 Å². The molecule has 0 aliphatic rings. The summed E-state index contributed by atoms with van der Waals surface area (Å²) in [4.78, 5) is 16.9. The average molecular weight is 325 g/mol. The fraction of sp³-hybridized carbons (Fsp3) is 0.143. The third-order valence-electron chi connectivity index (χ3n) is 3.12. The van der Waals surface area contributed by atoms with Gasteiger partial charge in [-0.2, -0.15) is 13.2 Å². The molecule has 0 radical (unpaired) electrons. The van der Waals surface area contributed by atoms with Crippen molar-refractivity contribution in [2.24, 2.45) is 0 Å². The summed E-state index contributed by atoms with van der Waals surface area (Å²) in [5.41, 5.74) is 0.268. The Hall–Kier alpha value is -2.35. The largest absolute Gasteiger partial charge is 0.416 e. The van der Waals surface area contributed by atoms with Crippen LogP contribution in [0.1, 0.15) is 21.6 Å². The van der Waals surface area contributed by atoms with E-state index in [0.29, 0.717) is 0 Å². The zero-order valence-electron chi connectivity index (χ0n) is 11.1. The Morgan fingerprint density at radius 3 is 2.68 bits per heavy atom. The molecule has 3 aromatic rings. The number of amides is 1. The molecule has 0 saturated carbocycles. The van der Waals surface area contributed by atoms with Crippen molar-refractivity contribution in [3.63, 3.8) is 0 Å². The molecule has 4 nitrogen and oxygen atoms in total. The van der Waals surface area contributed by atoms with Gasteiger partial charge in [0.15, 0.2) is 4.96 Å². The first-order valence-electron chi connectivity index (χ1n) is 6.30. The van der Waals surface area contributed by atoms with Gasteiger partial charge in [-0.3, -0.25) is 9.20 Å². The van der Waals surface area contributed by atoms with Crippen molar-refractivity contribution in [1.29, 1.82) is 0 Å². The maximum absolute atomic E-state index is 12.5. The molecule has 1 amide bonds. The second-order valence-corrected chi connectivity index (χ2v) is 5.40.